The van der Waals surface area contributed by atoms with Crippen LogP contribution in [-0.2, 0) is 0 Å². The number of hydrogen-bond donors (Lipinski definition) is 3. The smallest absolute Gasteiger partial charge is 0.287 e. The first kappa shape index (κ1) is 18.0. The van der Waals surface area contributed by atoms with Gasteiger partial charge in [-0.2, -0.15) is 0 Å². The minimum absolute atomic E-state index is 0.200. The van der Waals surface area contributed by atoms with Crippen molar-refractivity contribution in [1.29, 1.82) is 0 Å². The number of halogens is 2. The zero-order valence-electron chi connectivity index (χ0n) is 13.7. The molecule has 0 spiro atoms. The van der Waals surface area contributed by atoms with Crippen LogP contribution < -0.4 is 10.6 Å². The van der Waals surface area contributed by atoms with Gasteiger partial charge in [-0.25, -0.2) is 0 Å². The number of H-pyrrole nitrogens is 1. The molecule has 3 rings (SSSR count). The molecule has 1 atom stereocenters. The topological polar surface area (TPSA) is 70.1 Å². The molecule has 25 heavy (non-hydrogen) atoms. The second kappa shape index (κ2) is 8.08. The normalized spacial score (nSPS) is 12.4. The zero-order chi connectivity index (χ0) is 17.8. The molecular weight excluding hydrogens is 406 g/mol. The monoisotopic (exact) mass is 423 g/mol. The van der Waals surface area contributed by atoms with Crippen molar-refractivity contribution < 1.29 is 9.21 Å². The van der Waals surface area contributed by atoms with E-state index in [0.29, 0.717) is 6.54 Å². The van der Waals surface area contributed by atoms with Crippen LogP contribution in [0.15, 0.2) is 45.3 Å². The number of rotatable bonds is 7. The Labute approximate surface area is 159 Å². The van der Waals surface area contributed by atoms with Gasteiger partial charge >= 0.3 is 0 Å². The molecule has 0 fully saturated rings. The molecular formula is C18H19BrClN3O2. The van der Waals surface area contributed by atoms with Gasteiger partial charge in [-0.1, -0.05) is 15.9 Å². The van der Waals surface area contributed by atoms with Crippen LogP contribution in [0.3, 0.4) is 0 Å². The zero-order valence-corrected chi connectivity index (χ0v) is 16.1. The average molecular weight is 425 g/mol. The highest BCUT2D eigenvalue weighted by Gasteiger charge is 2.10. The molecule has 132 valence electrons. The number of amides is 1. The lowest BCUT2D eigenvalue weighted by molar-refractivity contribution is 0.0925. The van der Waals surface area contributed by atoms with Crippen LogP contribution in [0.4, 0.5) is 0 Å². The fourth-order valence-electron chi connectivity index (χ4n) is 2.60. The quantitative estimate of drug-likeness (QED) is 0.484. The van der Waals surface area contributed by atoms with E-state index in [4.69, 9.17) is 16.0 Å². The minimum Gasteiger partial charge on any atom is -0.440 e. The summed E-state index contributed by atoms with van der Waals surface area (Å²) in [6.45, 7) is 3.47. The molecule has 2 heterocycles. The average Bonchev–Trinajstić information content (AvgIpc) is 3.20. The van der Waals surface area contributed by atoms with Gasteiger partial charge in [0.2, 0.25) is 0 Å². The summed E-state index contributed by atoms with van der Waals surface area (Å²) < 4.78 is 6.14. The van der Waals surface area contributed by atoms with Gasteiger partial charge in [0.25, 0.3) is 5.91 Å². The number of carbonyl (C=O) groups is 1. The Morgan fingerprint density at radius 1 is 1.28 bits per heavy atom. The number of hydrogen-bond acceptors (Lipinski definition) is 3. The molecule has 1 aromatic carbocycles. The number of furan rings is 1. The summed E-state index contributed by atoms with van der Waals surface area (Å²) in [7, 11) is 0. The van der Waals surface area contributed by atoms with Crippen LogP contribution >= 0.6 is 27.5 Å². The van der Waals surface area contributed by atoms with Gasteiger partial charge in [0, 0.05) is 33.7 Å². The van der Waals surface area contributed by atoms with Crippen molar-refractivity contribution in [2.24, 2.45) is 0 Å². The number of fused-ring (bicyclic) bond motifs is 1. The van der Waals surface area contributed by atoms with E-state index in [-0.39, 0.29) is 22.9 Å². The number of carbonyl (C=O) groups excluding carboxylic acids is 1. The van der Waals surface area contributed by atoms with E-state index in [0.717, 1.165) is 28.6 Å². The van der Waals surface area contributed by atoms with Crippen LogP contribution in [0.2, 0.25) is 5.22 Å². The van der Waals surface area contributed by atoms with Gasteiger partial charge in [-0.3, -0.25) is 4.79 Å². The Hall–Kier alpha value is -1.76. The molecule has 0 bridgehead atoms. The molecule has 7 heteroatoms. The van der Waals surface area contributed by atoms with Crippen LogP contribution in [0.5, 0.6) is 0 Å². The van der Waals surface area contributed by atoms with Crippen LogP contribution in [0, 0.1) is 0 Å². The second-order valence-corrected chi connectivity index (χ2v) is 7.13. The lowest BCUT2D eigenvalue weighted by atomic mass is 10.2. The number of aromatic amines is 1. The lowest BCUT2D eigenvalue weighted by Crippen LogP contribution is -2.28. The van der Waals surface area contributed by atoms with Crippen molar-refractivity contribution in [2.75, 3.05) is 13.1 Å². The Morgan fingerprint density at radius 3 is 2.88 bits per heavy atom. The van der Waals surface area contributed by atoms with Crippen LogP contribution in [0.1, 0.15) is 35.6 Å². The molecule has 3 N–H and O–H groups in total. The highest BCUT2D eigenvalue weighted by molar-refractivity contribution is 9.10. The summed E-state index contributed by atoms with van der Waals surface area (Å²) in [4.78, 5) is 15.2. The van der Waals surface area contributed by atoms with Crippen LogP contribution in [0.25, 0.3) is 10.9 Å². The molecule has 2 aromatic heterocycles. The first-order valence-electron chi connectivity index (χ1n) is 8.08. The highest BCUT2D eigenvalue weighted by atomic mass is 79.9. The predicted molar refractivity (Wildman–Crippen MR) is 103 cm³/mol. The van der Waals surface area contributed by atoms with Gasteiger partial charge in [0.15, 0.2) is 11.0 Å². The number of nitrogens with one attached hydrogen (secondary N) is 3. The molecule has 5 nitrogen and oxygen atoms in total. The van der Waals surface area contributed by atoms with E-state index in [9.17, 15) is 4.79 Å². The molecule has 3 aromatic rings. The predicted octanol–water partition coefficient (Wildman–Crippen LogP) is 4.65. The Bertz CT molecular complexity index is 874. The number of benzene rings is 1. The van der Waals surface area contributed by atoms with Crippen molar-refractivity contribution in [3.05, 3.63) is 57.5 Å². The summed E-state index contributed by atoms with van der Waals surface area (Å²) in [5.41, 5.74) is 2.26. The van der Waals surface area contributed by atoms with Gasteiger partial charge in [-0.05, 0) is 67.9 Å². The van der Waals surface area contributed by atoms with E-state index in [1.807, 2.05) is 6.07 Å². The summed E-state index contributed by atoms with van der Waals surface area (Å²) in [5.74, 6) is -0.0169. The standard InChI is InChI=1S/C18H19BrClN3O2/c1-11(15-10-12-9-13(19)3-4-14(12)23-15)21-7-2-8-22-18(24)16-5-6-17(20)25-16/h3-6,9-11,21,23H,2,7-8H2,1H3,(H,22,24). The van der Waals surface area contributed by atoms with Gasteiger partial charge < -0.3 is 20.0 Å². The first-order valence-corrected chi connectivity index (χ1v) is 9.25. The second-order valence-electron chi connectivity index (χ2n) is 5.85. The van der Waals surface area contributed by atoms with E-state index in [2.05, 4.69) is 56.7 Å². The summed E-state index contributed by atoms with van der Waals surface area (Å²) in [6, 6.07) is 11.6. The van der Waals surface area contributed by atoms with Crippen molar-refractivity contribution in [3.63, 3.8) is 0 Å². The van der Waals surface area contributed by atoms with Crippen molar-refractivity contribution >= 4 is 44.3 Å². The minimum atomic E-state index is -0.249. The van der Waals surface area contributed by atoms with Gasteiger partial charge in [0.1, 0.15) is 0 Å². The Morgan fingerprint density at radius 2 is 2.12 bits per heavy atom. The van der Waals surface area contributed by atoms with Gasteiger partial charge in [-0.15, -0.1) is 0 Å². The van der Waals surface area contributed by atoms with E-state index in [1.165, 1.54) is 5.39 Å². The fourth-order valence-corrected chi connectivity index (χ4v) is 3.13. The Balaban J connectivity index is 1.42. The molecule has 1 amide bonds. The van der Waals surface area contributed by atoms with Gasteiger partial charge in [0.05, 0.1) is 0 Å². The third-order valence-electron chi connectivity index (χ3n) is 3.96. The molecule has 0 aliphatic carbocycles. The van der Waals surface area contributed by atoms with Crippen molar-refractivity contribution in [1.82, 2.24) is 15.6 Å². The molecule has 0 saturated carbocycles. The van der Waals surface area contributed by atoms with E-state index in [1.54, 1.807) is 12.1 Å². The van der Waals surface area contributed by atoms with E-state index >= 15 is 0 Å². The largest absolute Gasteiger partial charge is 0.440 e. The van der Waals surface area contributed by atoms with Crippen LogP contribution in [-0.4, -0.2) is 24.0 Å². The summed E-state index contributed by atoms with van der Waals surface area (Å²) in [6.07, 6.45) is 0.816. The van der Waals surface area contributed by atoms with Crippen molar-refractivity contribution in [2.45, 2.75) is 19.4 Å². The molecule has 1 unspecified atom stereocenters. The number of aromatic nitrogens is 1. The maximum Gasteiger partial charge on any atom is 0.287 e. The lowest BCUT2D eigenvalue weighted by Gasteiger charge is -2.12. The molecule has 0 aliphatic rings. The summed E-state index contributed by atoms with van der Waals surface area (Å²) in [5, 5.41) is 7.66. The van der Waals surface area contributed by atoms with Crippen molar-refractivity contribution in [3.8, 4) is 0 Å². The molecule has 0 radical (unpaired) electrons. The first-order chi connectivity index (χ1) is 12.0. The maximum atomic E-state index is 11.8. The third-order valence-corrected chi connectivity index (χ3v) is 4.65. The third kappa shape index (κ3) is 4.66. The molecule has 0 saturated heterocycles. The highest BCUT2D eigenvalue weighted by Crippen LogP contribution is 2.23. The maximum absolute atomic E-state index is 11.8. The fraction of sp³-hybridized carbons (Fsp3) is 0.278. The Kier molecular flexibility index (Phi) is 5.83. The summed E-state index contributed by atoms with van der Waals surface area (Å²) >= 11 is 9.15. The van der Waals surface area contributed by atoms with E-state index < -0.39 is 0 Å². The SMILES string of the molecule is CC(NCCCNC(=O)c1ccc(Cl)o1)c1cc2cc(Br)ccc2[nH]1. The molecule has 0 aliphatic heterocycles.